The molecule has 1 aromatic carbocycles. The third kappa shape index (κ3) is 4.32. The van der Waals surface area contributed by atoms with Gasteiger partial charge >= 0.3 is 5.97 Å². The van der Waals surface area contributed by atoms with Gasteiger partial charge in [0.15, 0.2) is 0 Å². The number of hydrogen-bond acceptors (Lipinski definition) is 2. The predicted molar refractivity (Wildman–Crippen MR) is 79.2 cm³/mol. The average Bonchev–Trinajstić information content (AvgIpc) is 2.65. The van der Waals surface area contributed by atoms with E-state index in [9.17, 15) is 4.79 Å². The normalized spacial score (nSPS) is 18.8. The summed E-state index contributed by atoms with van der Waals surface area (Å²) in [7, 11) is 0. The zero-order valence-electron chi connectivity index (χ0n) is 11.0. The monoisotopic (exact) mass is 325 g/mol. The Labute approximate surface area is 122 Å². The Morgan fingerprint density at radius 2 is 1.74 bits per heavy atom. The molecule has 1 saturated heterocycles. The molecule has 104 valence electrons. The number of benzene rings is 1. The maximum absolute atomic E-state index is 11.1. The SMILES string of the molecule is O=C(O)CC(c1ccc(Br)cc1)N1CCCCCC1. The van der Waals surface area contributed by atoms with Crippen molar-refractivity contribution < 1.29 is 9.90 Å². The van der Waals surface area contributed by atoms with E-state index in [1.165, 1.54) is 25.7 Å². The standard InChI is InChI=1S/C15H20BrNO2/c16-13-7-5-12(6-8-13)14(11-15(18)19)17-9-3-1-2-4-10-17/h5-8,14H,1-4,9-11H2,(H,18,19). The highest BCUT2D eigenvalue weighted by molar-refractivity contribution is 9.10. The molecule has 1 atom stereocenters. The van der Waals surface area contributed by atoms with Gasteiger partial charge < -0.3 is 5.11 Å². The largest absolute Gasteiger partial charge is 0.481 e. The lowest BCUT2D eigenvalue weighted by Crippen LogP contribution is -2.31. The second-order valence-corrected chi connectivity index (χ2v) is 6.03. The van der Waals surface area contributed by atoms with Crippen molar-refractivity contribution in [3.63, 3.8) is 0 Å². The number of likely N-dealkylation sites (tertiary alicyclic amines) is 1. The minimum atomic E-state index is -0.725. The Kier molecular flexibility index (Phi) is 5.40. The first-order valence-electron chi connectivity index (χ1n) is 6.88. The van der Waals surface area contributed by atoms with Crippen LogP contribution in [-0.2, 0) is 4.79 Å². The molecule has 0 aliphatic carbocycles. The molecule has 0 bridgehead atoms. The third-order valence-corrected chi connectivity index (χ3v) is 4.23. The molecule has 1 heterocycles. The highest BCUT2D eigenvalue weighted by Gasteiger charge is 2.23. The molecular weight excluding hydrogens is 306 g/mol. The summed E-state index contributed by atoms with van der Waals surface area (Å²) in [5.74, 6) is -0.725. The third-order valence-electron chi connectivity index (χ3n) is 3.70. The number of aliphatic carboxylic acids is 1. The number of hydrogen-bond donors (Lipinski definition) is 1. The fourth-order valence-corrected chi connectivity index (χ4v) is 2.98. The number of carbonyl (C=O) groups is 1. The van der Waals surface area contributed by atoms with Crippen molar-refractivity contribution in [1.82, 2.24) is 4.90 Å². The smallest absolute Gasteiger partial charge is 0.305 e. The van der Waals surface area contributed by atoms with Gasteiger partial charge in [0.25, 0.3) is 0 Å². The van der Waals surface area contributed by atoms with Crippen molar-refractivity contribution in [2.45, 2.75) is 38.1 Å². The lowest BCUT2D eigenvalue weighted by Gasteiger charge is -2.30. The Morgan fingerprint density at radius 1 is 1.16 bits per heavy atom. The summed E-state index contributed by atoms with van der Waals surface area (Å²) < 4.78 is 1.03. The van der Waals surface area contributed by atoms with Crippen LogP contribution in [0.4, 0.5) is 0 Å². The molecule has 1 N–H and O–H groups in total. The van der Waals surface area contributed by atoms with Crippen LogP contribution in [0, 0.1) is 0 Å². The molecule has 0 amide bonds. The van der Waals surface area contributed by atoms with Gasteiger partial charge in [-0.3, -0.25) is 9.69 Å². The topological polar surface area (TPSA) is 40.5 Å². The summed E-state index contributed by atoms with van der Waals surface area (Å²) >= 11 is 3.42. The van der Waals surface area contributed by atoms with Crippen LogP contribution in [0.15, 0.2) is 28.7 Å². The fraction of sp³-hybridized carbons (Fsp3) is 0.533. The van der Waals surface area contributed by atoms with E-state index in [0.717, 1.165) is 23.1 Å². The van der Waals surface area contributed by atoms with Gasteiger partial charge in [0.2, 0.25) is 0 Å². The second-order valence-electron chi connectivity index (χ2n) is 5.12. The van der Waals surface area contributed by atoms with Crippen LogP contribution in [0.5, 0.6) is 0 Å². The maximum Gasteiger partial charge on any atom is 0.305 e. The molecule has 0 aromatic heterocycles. The summed E-state index contributed by atoms with van der Waals surface area (Å²) in [6.07, 6.45) is 5.05. The van der Waals surface area contributed by atoms with Crippen LogP contribution in [-0.4, -0.2) is 29.1 Å². The van der Waals surface area contributed by atoms with Crippen molar-refractivity contribution >= 4 is 21.9 Å². The molecule has 1 aromatic rings. The Hall–Kier alpha value is -0.870. The molecule has 1 fully saturated rings. The molecule has 4 heteroatoms. The van der Waals surface area contributed by atoms with Crippen LogP contribution < -0.4 is 0 Å². The first kappa shape index (κ1) is 14.5. The Balaban J connectivity index is 2.18. The summed E-state index contributed by atoms with van der Waals surface area (Å²) in [6, 6.07) is 8.04. The fourth-order valence-electron chi connectivity index (χ4n) is 2.71. The second kappa shape index (κ2) is 7.06. The number of carboxylic acids is 1. The first-order chi connectivity index (χ1) is 9.16. The minimum Gasteiger partial charge on any atom is -0.481 e. The van der Waals surface area contributed by atoms with Crippen molar-refractivity contribution in [1.29, 1.82) is 0 Å². The first-order valence-corrected chi connectivity index (χ1v) is 7.67. The van der Waals surface area contributed by atoms with Crippen molar-refractivity contribution in [3.05, 3.63) is 34.3 Å². The molecule has 0 spiro atoms. The van der Waals surface area contributed by atoms with Crippen molar-refractivity contribution in [3.8, 4) is 0 Å². The molecule has 0 radical (unpaired) electrons. The van der Waals surface area contributed by atoms with E-state index in [1.807, 2.05) is 24.3 Å². The summed E-state index contributed by atoms with van der Waals surface area (Å²) in [5, 5.41) is 9.16. The van der Waals surface area contributed by atoms with Crippen LogP contribution >= 0.6 is 15.9 Å². The van der Waals surface area contributed by atoms with E-state index < -0.39 is 5.97 Å². The lowest BCUT2D eigenvalue weighted by atomic mass is 10.0. The van der Waals surface area contributed by atoms with Gasteiger partial charge in [0.05, 0.1) is 6.42 Å². The van der Waals surface area contributed by atoms with Crippen LogP contribution in [0.1, 0.15) is 43.7 Å². The average molecular weight is 326 g/mol. The van der Waals surface area contributed by atoms with Crippen molar-refractivity contribution in [2.24, 2.45) is 0 Å². The Bertz CT molecular complexity index is 411. The highest BCUT2D eigenvalue weighted by Crippen LogP contribution is 2.28. The van der Waals surface area contributed by atoms with Crippen LogP contribution in [0.3, 0.4) is 0 Å². The zero-order chi connectivity index (χ0) is 13.7. The molecule has 0 saturated carbocycles. The van der Waals surface area contributed by atoms with E-state index in [2.05, 4.69) is 20.8 Å². The molecule has 1 aliphatic heterocycles. The number of rotatable bonds is 4. The summed E-state index contributed by atoms with van der Waals surface area (Å²) in [5.41, 5.74) is 1.10. The van der Waals surface area contributed by atoms with Crippen LogP contribution in [0.2, 0.25) is 0 Å². The van der Waals surface area contributed by atoms with Gasteiger partial charge in [-0.25, -0.2) is 0 Å². The van der Waals surface area contributed by atoms with E-state index >= 15 is 0 Å². The summed E-state index contributed by atoms with van der Waals surface area (Å²) in [4.78, 5) is 13.5. The minimum absolute atomic E-state index is 0.00343. The number of nitrogens with zero attached hydrogens (tertiary/aromatic N) is 1. The molecular formula is C15H20BrNO2. The highest BCUT2D eigenvalue weighted by atomic mass is 79.9. The number of halogens is 1. The van der Waals surface area contributed by atoms with Crippen LogP contribution in [0.25, 0.3) is 0 Å². The molecule has 1 unspecified atom stereocenters. The lowest BCUT2D eigenvalue weighted by molar-refractivity contribution is -0.138. The van der Waals surface area contributed by atoms with Gasteiger partial charge in [-0.2, -0.15) is 0 Å². The predicted octanol–water partition coefficient (Wildman–Crippen LogP) is 3.84. The molecule has 19 heavy (non-hydrogen) atoms. The zero-order valence-corrected chi connectivity index (χ0v) is 12.6. The van der Waals surface area contributed by atoms with Gasteiger partial charge in [-0.05, 0) is 43.6 Å². The van der Waals surface area contributed by atoms with Crippen molar-refractivity contribution in [2.75, 3.05) is 13.1 Å². The molecule has 2 rings (SSSR count). The molecule has 1 aliphatic rings. The van der Waals surface area contributed by atoms with Gasteiger partial charge in [-0.1, -0.05) is 40.9 Å². The van der Waals surface area contributed by atoms with Gasteiger partial charge in [-0.15, -0.1) is 0 Å². The maximum atomic E-state index is 11.1. The quantitative estimate of drug-likeness (QED) is 0.914. The summed E-state index contributed by atoms with van der Waals surface area (Å²) in [6.45, 7) is 2.02. The van der Waals surface area contributed by atoms with E-state index in [-0.39, 0.29) is 12.5 Å². The van der Waals surface area contributed by atoms with E-state index in [1.54, 1.807) is 0 Å². The van der Waals surface area contributed by atoms with E-state index in [4.69, 9.17) is 5.11 Å². The Morgan fingerprint density at radius 3 is 2.26 bits per heavy atom. The van der Waals surface area contributed by atoms with Gasteiger partial charge in [0, 0.05) is 10.5 Å². The van der Waals surface area contributed by atoms with Gasteiger partial charge in [0.1, 0.15) is 0 Å². The van der Waals surface area contributed by atoms with E-state index in [0.29, 0.717) is 0 Å². The molecule has 3 nitrogen and oxygen atoms in total. The number of carboxylic acid groups (broad SMARTS) is 1.